The quantitative estimate of drug-likeness (QED) is 0.771. The van der Waals surface area contributed by atoms with Crippen LogP contribution in [0.4, 0.5) is 5.82 Å². The van der Waals surface area contributed by atoms with Crippen LogP contribution in [0.2, 0.25) is 0 Å². The number of fused-ring (bicyclic) bond motifs is 1. The van der Waals surface area contributed by atoms with E-state index >= 15 is 0 Å². The second-order valence-electron chi connectivity index (χ2n) is 5.76. The first kappa shape index (κ1) is 15.9. The topological polar surface area (TPSA) is 84.2 Å². The minimum atomic E-state index is -0.148. The van der Waals surface area contributed by atoms with Gasteiger partial charge in [-0.2, -0.15) is 0 Å². The fourth-order valence-corrected chi connectivity index (χ4v) is 2.38. The molecule has 1 aromatic carbocycles. The molecule has 1 N–H and O–H groups in total. The number of para-hydroxylation sites is 1. The van der Waals surface area contributed by atoms with Gasteiger partial charge in [0.25, 0.3) is 0 Å². The maximum atomic E-state index is 12.2. The Balaban J connectivity index is 1.66. The first-order valence-corrected chi connectivity index (χ1v) is 7.65. The van der Waals surface area contributed by atoms with Crippen molar-refractivity contribution in [2.45, 2.75) is 19.9 Å². The van der Waals surface area contributed by atoms with E-state index in [0.29, 0.717) is 17.1 Å². The lowest BCUT2D eigenvalue weighted by Crippen LogP contribution is -2.26. The summed E-state index contributed by atoms with van der Waals surface area (Å²) in [5.41, 5.74) is 2.17. The Labute approximate surface area is 139 Å². The van der Waals surface area contributed by atoms with Crippen molar-refractivity contribution in [3.05, 3.63) is 47.5 Å². The largest absolute Gasteiger partial charge is 0.363 e. The summed E-state index contributed by atoms with van der Waals surface area (Å²) in [6.45, 7) is 2.18. The summed E-state index contributed by atoms with van der Waals surface area (Å²) in [4.78, 5) is 22.8. The third-order valence-corrected chi connectivity index (χ3v) is 3.57. The van der Waals surface area contributed by atoms with E-state index in [1.165, 1.54) is 0 Å². The number of aromatic nitrogens is 3. The van der Waals surface area contributed by atoms with Gasteiger partial charge in [0.05, 0.1) is 13.0 Å². The molecule has 0 spiro atoms. The summed E-state index contributed by atoms with van der Waals surface area (Å²) in [7, 11) is 3.83. The number of anilines is 1. The minimum absolute atomic E-state index is 0.148. The van der Waals surface area contributed by atoms with Crippen LogP contribution in [-0.2, 0) is 17.8 Å². The molecule has 2 aromatic heterocycles. The monoisotopic (exact) mass is 325 g/mol. The molecule has 0 aliphatic carbocycles. The molecular formula is C17H19N5O2. The van der Waals surface area contributed by atoms with Crippen LogP contribution in [0.3, 0.4) is 0 Å². The van der Waals surface area contributed by atoms with Crippen molar-refractivity contribution in [2.24, 2.45) is 0 Å². The molecule has 2 heterocycles. The van der Waals surface area contributed by atoms with Crippen LogP contribution in [0.1, 0.15) is 17.2 Å². The number of carbonyl (C=O) groups excluding carboxylic acids is 1. The zero-order valence-corrected chi connectivity index (χ0v) is 13.9. The van der Waals surface area contributed by atoms with Gasteiger partial charge in [-0.05, 0) is 19.1 Å². The number of benzene rings is 1. The molecular weight excluding hydrogens is 306 g/mol. The maximum Gasteiger partial charge on any atom is 0.226 e. The van der Waals surface area contributed by atoms with E-state index in [-0.39, 0.29) is 18.9 Å². The van der Waals surface area contributed by atoms with Gasteiger partial charge in [0, 0.05) is 31.2 Å². The van der Waals surface area contributed by atoms with Crippen molar-refractivity contribution in [1.29, 1.82) is 0 Å². The Kier molecular flexibility index (Phi) is 4.41. The predicted octanol–water partition coefficient (Wildman–Crippen LogP) is 1.85. The highest BCUT2D eigenvalue weighted by molar-refractivity contribution is 5.86. The highest BCUT2D eigenvalue weighted by atomic mass is 16.5. The molecule has 7 nitrogen and oxygen atoms in total. The molecule has 0 fully saturated rings. The molecule has 0 saturated heterocycles. The number of hydrogen-bond acceptors (Lipinski definition) is 6. The van der Waals surface area contributed by atoms with Gasteiger partial charge in [-0.15, -0.1) is 0 Å². The van der Waals surface area contributed by atoms with Gasteiger partial charge in [0.1, 0.15) is 17.3 Å². The highest BCUT2D eigenvalue weighted by Gasteiger charge is 2.12. The molecule has 3 rings (SSSR count). The number of nitrogens with one attached hydrogen (secondary N) is 1. The molecule has 0 aliphatic rings. The normalized spacial score (nSPS) is 10.8. The Bertz CT molecular complexity index is 872. The lowest BCUT2D eigenvalue weighted by molar-refractivity contribution is -0.120. The fourth-order valence-electron chi connectivity index (χ4n) is 2.38. The van der Waals surface area contributed by atoms with Crippen LogP contribution < -0.4 is 10.2 Å². The molecule has 0 bridgehead atoms. The van der Waals surface area contributed by atoms with Crippen LogP contribution in [0.15, 0.2) is 34.9 Å². The summed E-state index contributed by atoms with van der Waals surface area (Å²) < 4.78 is 5.21. The van der Waals surface area contributed by atoms with Gasteiger partial charge >= 0.3 is 0 Å². The fraction of sp³-hybridized carbons (Fsp3) is 0.294. The van der Waals surface area contributed by atoms with Gasteiger partial charge < -0.3 is 14.7 Å². The number of hydrogen-bond donors (Lipinski definition) is 1. The average Bonchev–Trinajstić information content (AvgIpc) is 2.96. The Morgan fingerprint density at radius 3 is 2.83 bits per heavy atom. The number of carbonyl (C=O) groups is 1. The van der Waals surface area contributed by atoms with Crippen molar-refractivity contribution < 1.29 is 9.32 Å². The second-order valence-corrected chi connectivity index (χ2v) is 5.76. The third kappa shape index (κ3) is 3.51. The lowest BCUT2D eigenvalue weighted by Gasteiger charge is -2.13. The zero-order chi connectivity index (χ0) is 17.1. The lowest BCUT2D eigenvalue weighted by atomic mass is 10.1. The molecule has 1 amide bonds. The van der Waals surface area contributed by atoms with Crippen LogP contribution in [0, 0.1) is 6.92 Å². The molecule has 7 heteroatoms. The van der Waals surface area contributed by atoms with Crippen molar-refractivity contribution in [3.8, 4) is 0 Å². The van der Waals surface area contributed by atoms with Crippen molar-refractivity contribution in [3.63, 3.8) is 0 Å². The first-order valence-electron chi connectivity index (χ1n) is 7.65. The van der Waals surface area contributed by atoms with E-state index < -0.39 is 0 Å². The Morgan fingerprint density at radius 2 is 2.04 bits per heavy atom. The molecule has 0 radical (unpaired) electrons. The van der Waals surface area contributed by atoms with E-state index in [9.17, 15) is 4.79 Å². The van der Waals surface area contributed by atoms with Gasteiger partial charge in [-0.25, -0.2) is 9.97 Å². The number of amides is 1. The summed E-state index contributed by atoms with van der Waals surface area (Å²) >= 11 is 0. The number of nitrogens with zero attached hydrogens (tertiary/aromatic N) is 4. The second kappa shape index (κ2) is 6.66. The Morgan fingerprint density at radius 1 is 1.25 bits per heavy atom. The molecule has 0 unspecified atom stereocenters. The molecule has 3 aromatic rings. The van der Waals surface area contributed by atoms with Crippen LogP contribution >= 0.6 is 0 Å². The summed E-state index contributed by atoms with van der Waals surface area (Å²) in [5.74, 6) is 1.25. The minimum Gasteiger partial charge on any atom is -0.363 e. The average molecular weight is 325 g/mol. The summed E-state index contributed by atoms with van der Waals surface area (Å²) in [6.07, 6.45) is 0.156. The summed E-state index contributed by atoms with van der Waals surface area (Å²) in [6, 6.07) is 9.38. The third-order valence-electron chi connectivity index (χ3n) is 3.57. The van der Waals surface area contributed by atoms with Crippen LogP contribution in [0.25, 0.3) is 11.0 Å². The summed E-state index contributed by atoms with van der Waals surface area (Å²) in [5, 5.41) is 7.66. The van der Waals surface area contributed by atoms with Gasteiger partial charge in [0.2, 0.25) is 5.91 Å². The zero-order valence-electron chi connectivity index (χ0n) is 13.9. The molecule has 0 atom stereocenters. The van der Waals surface area contributed by atoms with E-state index in [2.05, 4.69) is 20.4 Å². The molecule has 24 heavy (non-hydrogen) atoms. The predicted molar refractivity (Wildman–Crippen MR) is 90.7 cm³/mol. The van der Waals surface area contributed by atoms with Crippen LogP contribution in [-0.4, -0.2) is 35.1 Å². The number of aryl methyl sites for hydroxylation is 1. The van der Waals surface area contributed by atoms with Crippen molar-refractivity contribution >= 4 is 22.7 Å². The van der Waals surface area contributed by atoms with Gasteiger partial charge in [-0.1, -0.05) is 17.3 Å². The SMILES string of the molecule is Cc1cc(N(C)C)nc(CNC(=O)Cc2noc3ccccc23)n1. The van der Waals surface area contributed by atoms with Crippen molar-refractivity contribution in [2.75, 3.05) is 19.0 Å². The van der Waals surface area contributed by atoms with E-state index in [1.807, 2.05) is 56.3 Å². The van der Waals surface area contributed by atoms with Gasteiger partial charge in [0.15, 0.2) is 5.58 Å². The highest BCUT2D eigenvalue weighted by Crippen LogP contribution is 2.18. The molecule has 0 aliphatic heterocycles. The maximum absolute atomic E-state index is 12.2. The molecule has 124 valence electrons. The standard InChI is InChI=1S/C17H19N5O2/c1-11-8-16(22(2)3)20-15(19-11)10-18-17(23)9-13-12-6-4-5-7-14(12)24-21-13/h4-8H,9-10H2,1-3H3,(H,18,23). The van der Waals surface area contributed by atoms with Crippen molar-refractivity contribution in [1.82, 2.24) is 20.4 Å². The molecule has 0 saturated carbocycles. The van der Waals surface area contributed by atoms with Gasteiger partial charge in [-0.3, -0.25) is 4.79 Å². The Hall–Kier alpha value is -2.96. The smallest absolute Gasteiger partial charge is 0.226 e. The van der Waals surface area contributed by atoms with E-state index in [4.69, 9.17) is 4.52 Å². The van der Waals surface area contributed by atoms with E-state index in [1.54, 1.807) is 0 Å². The van der Waals surface area contributed by atoms with Crippen LogP contribution in [0.5, 0.6) is 0 Å². The number of rotatable bonds is 5. The first-order chi connectivity index (χ1) is 11.5. The van der Waals surface area contributed by atoms with E-state index in [0.717, 1.165) is 16.9 Å².